The Morgan fingerprint density at radius 1 is 1.26 bits per heavy atom. The van der Waals surface area contributed by atoms with E-state index in [0.717, 1.165) is 24.8 Å². The number of methoxy groups -OCH3 is 1. The predicted octanol–water partition coefficient (Wildman–Crippen LogP) is 2.40. The van der Waals surface area contributed by atoms with Crippen LogP contribution in [-0.2, 0) is 6.54 Å². The minimum absolute atomic E-state index is 0.818. The lowest BCUT2D eigenvalue weighted by Gasteiger charge is -2.23. The van der Waals surface area contributed by atoms with Gasteiger partial charge in [-0.25, -0.2) is 0 Å². The molecule has 0 amide bonds. The third kappa shape index (κ3) is 3.95. The fourth-order valence-corrected chi connectivity index (χ4v) is 2.85. The molecule has 1 aromatic rings. The number of hydrogen-bond acceptors (Lipinski definition) is 3. The van der Waals surface area contributed by atoms with E-state index in [9.17, 15) is 0 Å². The van der Waals surface area contributed by atoms with Gasteiger partial charge in [0.15, 0.2) is 0 Å². The summed E-state index contributed by atoms with van der Waals surface area (Å²) < 4.78 is 5.50. The van der Waals surface area contributed by atoms with Gasteiger partial charge < -0.3 is 15.4 Å². The lowest BCUT2D eigenvalue weighted by molar-refractivity contribution is 0.354. The molecule has 3 heteroatoms. The van der Waals surface area contributed by atoms with Crippen LogP contribution in [0.5, 0.6) is 5.75 Å². The van der Waals surface area contributed by atoms with Crippen molar-refractivity contribution in [1.29, 1.82) is 0 Å². The minimum Gasteiger partial charge on any atom is -0.496 e. The number of benzene rings is 1. The number of nitrogens with one attached hydrogen (secondary N) is 2. The first-order valence-corrected chi connectivity index (χ1v) is 7.26. The lowest BCUT2D eigenvalue weighted by atomic mass is 9.98. The molecule has 106 valence electrons. The van der Waals surface area contributed by atoms with E-state index in [-0.39, 0.29) is 0 Å². The SMILES string of the molecule is COc1cc(C)cc(C)c1CNCC1CCNCC1. The Bertz CT molecular complexity index is 411. The highest BCUT2D eigenvalue weighted by molar-refractivity contribution is 5.42. The average molecular weight is 262 g/mol. The highest BCUT2D eigenvalue weighted by atomic mass is 16.5. The zero-order chi connectivity index (χ0) is 13.7. The summed E-state index contributed by atoms with van der Waals surface area (Å²) in [5, 5.41) is 7.01. The molecule has 0 radical (unpaired) electrons. The normalized spacial score (nSPS) is 16.6. The van der Waals surface area contributed by atoms with Gasteiger partial charge in [0.25, 0.3) is 0 Å². The topological polar surface area (TPSA) is 33.3 Å². The van der Waals surface area contributed by atoms with Crippen molar-refractivity contribution in [3.05, 3.63) is 28.8 Å². The zero-order valence-electron chi connectivity index (χ0n) is 12.4. The van der Waals surface area contributed by atoms with Crippen molar-refractivity contribution in [2.45, 2.75) is 33.2 Å². The van der Waals surface area contributed by atoms with Gasteiger partial charge in [-0.15, -0.1) is 0 Å². The third-order valence-electron chi connectivity index (χ3n) is 3.99. The fourth-order valence-electron chi connectivity index (χ4n) is 2.85. The summed E-state index contributed by atoms with van der Waals surface area (Å²) in [5.41, 5.74) is 3.87. The van der Waals surface area contributed by atoms with E-state index in [0.29, 0.717) is 0 Å². The summed E-state index contributed by atoms with van der Waals surface area (Å²) in [4.78, 5) is 0. The van der Waals surface area contributed by atoms with Gasteiger partial charge in [-0.1, -0.05) is 6.07 Å². The van der Waals surface area contributed by atoms with Gasteiger partial charge in [-0.3, -0.25) is 0 Å². The molecule has 1 aromatic carbocycles. The van der Waals surface area contributed by atoms with Crippen molar-refractivity contribution in [2.75, 3.05) is 26.7 Å². The molecule has 0 atom stereocenters. The minimum atomic E-state index is 0.818. The summed E-state index contributed by atoms with van der Waals surface area (Å²) in [6, 6.07) is 4.35. The number of hydrogen-bond donors (Lipinski definition) is 2. The summed E-state index contributed by atoms with van der Waals surface area (Å²) in [6.07, 6.45) is 2.58. The molecule has 19 heavy (non-hydrogen) atoms. The highest BCUT2D eigenvalue weighted by Gasteiger charge is 2.13. The number of piperidine rings is 1. The van der Waals surface area contributed by atoms with E-state index in [4.69, 9.17) is 4.74 Å². The van der Waals surface area contributed by atoms with Crippen LogP contribution in [0.15, 0.2) is 12.1 Å². The summed E-state index contributed by atoms with van der Waals surface area (Å²) in [5.74, 6) is 1.83. The maximum Gasteiger partial charge on any atom is 0.123 e. The summed E-state index contributed by atoms with van der Waals surface area (Å²) in [7, 11) is 1.75. The van der Waals surface area contributed by atoms with Crippen LogP contribution >= 0.6 is 0 Å². The van der Waals surface area contributed by atoms with Crippen LogP contribution in [0.25, 0.3) is 0 Å². The second-order valence-electron chi connectivity index (χ2n) is 5.59. The molecule has 1 aliphatic rings. The van der Waals surface area contributed by atoms with E-state index in [1.807, 2.05) is 0 Å². The Hall–Kier alpha value is -1.06. The molecule has 0 bridgehead atoms. The predicted molar refractivity (Wildman–Crippen MR) is 79.8 cm³/mol. The maximum absolute atomic E-state index is 5.50. The molecule has 0 saturated carbocycles. The van der Waals surface area contributed by atoms with Crippen LogP contribution in [0, 0.1) is 19.8 Å². The lowest BCUT2D eigenvalue weighted by Crippen LogP contribution is -2.33. The van der Waals surface area contributed by atoms with Gasteiger partial charge in [-0.2, -0.15) is 0 Å². The van der Waals surface area contributed by atoms with Crippen molar-refractivity contribution in [3.8, 4) is 5.75 Å². The number of rotatable bonds is 5. The molecule has 0 aromatic heterocycles. The second-order valence-corrected chi connectivity index (χ2v) is 5.59. The Kier molecular flexibility index (Phi) is 5.23. The largest absolute Gasteiger partial charge is 0.496 e. The molecule has 2 N–H and O–H groups in total. The van der Waals surface area contributed by atoms with E-state index in [1.54, 1.807) is 7.11 Å². The van der Waals surface area contributed by atoms with Crippen LogP contribution < -0.4 is 15.4 Å². The smallest absolute Gasteiger partial charge is 0.123 e. The molecular weight excluding hydrogens is 236 g/mol. The Morgan fingerprint density at radius 3 is 2.68 bits per heavy atom. The van der Waals surface area contributed by atoms with Gasteiger partial charge in [0.05, 0.1) is 7.11 Å². The molecule has 1 heterocycles. The molecule has 1 fully saturated rings. The first kappa shape index (κ1) is 14.4. The Morgan fingerprint density at radius 2 is 2.00 bits per heavy atom. The number of ether oxygens (including phenoxy) is 1. The van der Waals surface area contributed by atoms with Crippen LogP contribution in [0.1, 0.15) is 29.5 Å². The first-order chi connectivity index (χ1) is 9.20. The summed E-state index contributed by atoms with van der Waals surface area (Å²) in [6.45, 7) is 8.62. The molecular formula is C16H26N2O. The van der Waals surface area contributed by atoms with Crippen molar-refractivity contribution in [2.24, 2.45) is 5.92 Å². The molecule has 1 aliphatic heterocycles. The monoisotopic (exact) mass is 262 g/mol. The molecule has 0 unspecified atom stereocenters. The first-order valence-electron chi connectivity index (χ1n) is 7.26. The van der Waals surface area contributed by atoms with E-state index in [2.05, 4.69) is 36.6 Å². The molecule has 0 aliphatic carbocycles. The van der Waals surface area contributed by atoms with Crippen molar-refractivity contribution >= 4 is 0 Å². The van der Waals surface area contributed by atoms with Gasteiger partial charge in [0.2, 0.25) is 0 Å². The van der Waals surface area contributed by atoms with Gasteiger partial charge >= 0.3 is 0 Å². The van der Waals surface area contributed by atoms with Gasteiger partial charge in [0, 0.05) is 12.1 Å². The van der Waals surface area contributed by atoms with E-state index >= 15 is 0 Å². The number of aryl methyl sites for hydroxylation is 2. The van der Waals surface area contributed by atoms with Gasteiger partial charge in [0.1, 0.15) is 5.75 Å². The van der Waals surface area contributed by atoms with E-state index < -0.39 is 0 Å². The molecule has 3 nitrogen and oxygen atoms in total. The van der Waals surface area contributed by atoms with E-state index in [1.165, 1.54) is 42.6 Å². The van der Waals surface area contributed by atoms with Crippen molar-refractivity contribution in [1.82, 2.24) is 10.6 Å². The van der Waals surface area contributed by atoms with Crippen LogP contribution in [-0.4, -0.2) is 26.7 Å². The van der Waals surface area contributed by atoms with Gasteiger partial charge in [-0.05, 0) is 69.4 Å². The van der Waals surface area contributed by atoms with Crippen LogP contribution in [0.2, 0.25) is 0 Å². The Balaban J connectivity index is 1.91. The average Bonchev–Trinajstić information content (AvgIpc) is 2.42. The van der Waals surface area contributed by atoms with Crippen LogP contribution in [0.4, 0.5) is 0 Å². The highest BCUT2D eigenvalue weighted by Crippen LogP contribution is 2.24. The molecule has 2 rings (SSSR count). The van der Waals surface area contributed by atoms with Crippen LogP contribution in [0.3, 0.4) is 0 Å². The van der Waals surface area contributed by atoms with Crippen molar-refractivity contribution in [3.63, 3.8) is 0 Å². The second kappa shape index (κ2) is 6.92. The summed E-state index contributed by atoms with van der Waals surface area (Å²) >= 11 is 0. The van der Waals surface area contributed by atoms with Crippen molar-refractivity contribution < 1.29 is 4.74 Å². The Labute approximate surface area is 116 Å². The third-order valence-corrected chi connectivity index (χ3v) is 3.99. The molecule has 1 saturated heterocycles. The zero-order valence-corrected chi connectivity index (χ0v) is 12.4. The quantitative estimate of drug-likeness (QED) is 0.855. The molecule has 0 spiro atoms. The maximum atomic E-state index is 5.50. The fraction of sp³-hybridized carbons (Fsp3) is 0.625. The standard InChI is InChI=1S/C16H26N2O/c1-12-8-13(2)15(16(9-12)19-3)11-18-10-14-4-6-17-7-5-14/h8-9,14,17-18H,4-7,10-11H2,1-3H3.